The van der Waals surface area contributed by atoms with Gasteiger partial charge in [-0.05, 0) is 12.8 Å². The summed E-state index contributed by atoms with van der Waals surface area (Å²) >= 11 is 0. The molecule has 1 aromatic heterocycles. The molecule has 2 amide bonds. The van der Waals surface area contributed by atoms with Gasteiger partial charge in [0.05, 0.1) is 25.7 Å². The number of piperidine rings is 1. The summed E-state index contributed by atoms with van der Waals surface area (Å²) in [7, 11) is 1.74. The molecule has 2 fully saturated rings. The van der Waals surface area contributed by atoms with Gasteiger partial charge in [-0.3, -0.25) is 14.5 Å². The Bertz CT molecular complexity index is 897. The van der Waals surface area contributed by atoms with Crippen LogP contribution in [0.25, 0.3) is 11.4 Å². The number of carbonyl (C=O) groups is 2. The minimum absolute atomic E-state index is 0.00939. The fourth-order valence-electron chi connectivity index (χ4n) is 4.26. The highest BCUT2D eigenvalue weighted by atomic mass is 16.5. The zero-order valence-corrected chi connectivity index (χ0v) is 18.6. The van der Waals surface area contributed by atoms with Crippen LogP contribution in [0.4, 0.5) is 0 Å². The lowest BCUT2D eigenvalue weighted by Gasteiger charge is -2.34. The number of morpholine rings is 1. The van der Waals surface area contributed by atoms with Crippen molar-refractivity contribution >= 4 is 11.8 Å². The Morgan fingerprint density at radius 1 is 1.19 bits per heavy atom. The Morgan fingerprint density at radius 2 is 1.97 bits per heavy atom. The third-order valence-corrected chi connectivity index (χ3v) is 6.10. The van der Waals surface area contributed by atoms with E-state index in [4.69, 9.17) is 9.26 Å². The molecule has 2 aromatic rings. The molecule has 3 heterocycles. The van der Waals surface area contributed by atoms with Crippen molar-refractivity contribution in [3.63, 3.8) is 0 Å². The molecule has 0 saturated carbocycles. The molecule has 2 saturated heterocycles. The van der Waals surface area contributed by atoms with E-state index < -0.39 is 0 Å². The number of likely N-dealkylation sites (tertiary alicyclic amines) is 1. The van der Waals surface area contributed by atoms with Gasteiger partial charge >= 0.3 is 0 Å². The fraction of sp³-hybridized carbons (Fsp3) is 0.565. The van der Waals surface area contributed by atoms with Crippen molar-refractivity contribution in [2.75, 3.05) is 53.0 Å². The maximum Gasteiger partial charge on any atom is 0.246 e. The van der Waals surface area contributed by atoms with Crippen molar-refractivity contribution in [3.05, 3.63) is 36.2 Å². The first-order valence-electron chi connectivity index (χ1n) is 11.3. The maximum absolute atomic E-state index is 13.0. The molecule has 0 unspecified atom stereocenters. The third-order valence-electron chi connectivity index (χ3n) is 6.10. The van der Waals surface area contributed by atoms with Gasteiger partial charge in [0.15, 0.2) is 0 Å². The van der Waals surface area contributed by atoms with E-state index in [0.29, 0.717) is 37.6 Å². The average molecular weight is 442 g/mol. The highest BCUT2D eigenvalue weighted by molar-refractivity contribution is 5.83. The fourth-order valence-corrected chi connectivity index (χ4v) is 4.26. The first kappa shape index (κ1) is 22.4. The van der Waals surface area contributed by atoms with E-state index in [1.54, 1.807) is 11.9 Å². The van der Waals surface area contributed by atoms with Gasteiger partial charge < -0.3 is 19.1 Å². The Hall–Kier alpha value is -2.78. The van der Waals surface area contributed by atoms with E-state index in [9.17, 15) is 9.59 Å². The summed E-state index contributed by atoms with van der Waals surface area (Å²) in [5.41, 5.74) is 0.870. The van der Waals surface area contributed by atoms with E-state index in [2.05, 4.69) is 15.0 Å². The number of carbonyl (C=O) groups excluding carboxylic acids is 2. The maximum atomic E-state index is 13.0. The third kappa shape index (κ3) is 5.72. The second-order valence-corrected chi connectivity index (χ2v) is 8.45. The molecule has 2 aliphatic rings. The summed E-state index contributed by atoms with van der Waals surface area (Å²) in [5.74, 6) is 0.862. The Balaban J connectivity index is 1.27. The molecule has 32 heavy (non-hydrogen) atoms. The standard InChI is InChI=1S/C23H31N5O4/c1-26(17-20-24-22(25-32-20)18-6-3-2-4-7-18)23(30)19-8-9-21(29)28(16-19)11-5-10-27-12-14-31-15-13-27/h2-4,6-7,19H,5,8-17H2,1H3/t19-/m0/s1. The molecule has 1 aromatic carbocycles. The number of benzene rings is 1. The van der Waals surface area contributed by atoms with E-state index >= 15 is 0 Å². The Kier molecular flexibility index (Phi) is 7.49. The summed E-state index contributed by atoms with van der Waals surface area (Å²) in [6, 6.07) is 9.58. The number of amides is 2. The van der Waals surface area contributed by atoms with Gasteiger partial charge in [-0.2, -0.15) is 4.98 Å². The number of hydrogen-bond donors (Lipinski definition) is 0. The largest absolute Gasteiger partial charge is 0.379 e. The van der Waals surface area contributed by atoms with Crippen LogP contribution in [0.3, 0.4) is 0 Å². The zero-order chi connectivity index (χ0) is 22.3. The molecule has 1 atom stereocenters. The highest BCUT2D eigenvalue weighted by Gasteiger charge is 2.32. The lowest BCUT2D eigenvalue weighted by atomic mass is 9.96. The van der Waals surface area contributed by atoms with Gasteiger partial charge in [0, 0.05) is 51.8 Å². The van der Waals surface area contributed by atoms with Crippen LogP contribution in [0, 0.1) is 5.92 Å². The van der Waals surface area contributed by atoms with Gasteiger partial charge in [0.25, 0.3) is 0 Å². The Labute approximate surface area is 188 Å². The van der Waals surface area contributed by atoms with Crippen molar-refractivity contribution < 1.29 is 18.8 Å². The summed E-state index contributed by atoms with van der Waals surface area (Å²) in [6.07, 6.45) is 1.91. The monoisotopic (exact) mass is 441 g/mol. The molecule has 4 rings (SSSR count). The summed E-state index contributed by atoms with van der Waals surface area (Å²) in [4.78, 5) is 35.6. The van der Waals surface area contributed by atoms with Crippen LogP contribution in [0.1, 0.15) is 25.2 Å². The number of nitrogens with zero attached hydrogens (tertiary/aromatic N) is 5. The van der Waals surface area contributed by atoms with Crippen molar-refractivity contribution in [3.8, 4) is 11.4 Å². The summed E-state index contributed by atoms with van der Waals surface area (Å²) in [6.45, 7) is 5.81. The first-order valence-corrected chi connectivity index (χ1v) is 11.3. The first-order chi connectivity index (χ1) is 15.6. The van der Waals surface area contributed by atoms with Gasteiger partial charge in [-0.1, -0.05) is 35.5 Å². The predicted octanol–water partition coefficient (Wildman–Crippen LogP) is 1.66. The average Bonchev–Trinajstić information content (AvgIpc) is 3.29. The molecule has 0 spiro atoms. The molecule has 0 N–H and O–H groups in total. The molecule has 0 aliphatic carbocycles. The van der Waals surface area contributed by atoms with Crippen LogP contribution >= 0.6 is 0 Å². The number of rotatable bonds is 8. The minimum Gasteiger partial charge on any atom is -0.379 e. The highest BCUT2D eigenvalue weighted by Crippen LogP contribution is 2.21. The van der Waals surface area contributed by atoms with Crippen LogP contribution in [-0.4, -0.2) is 89.6 Å². The summed E-state index contributed by atoms with van der Waals surface area (Å²) < 4.78 is 10.7. The molecular formula is C23H31N5O4. The van der Waals surface area contributed by atoms with Crippen LogP contribution in [0.5, 0.6) is 0 Å². The molecule has 172 valence electrons. The summed E-state index contributed by atoms with van der Waals surface area (Å²) in [5, 5.41) is 4.02. The molecule has 0 bridgehead atoms. The van der Waals surface area contributed by atoms with Crippen molar-refractivity contribution in [1.82, 2.24) is 24.8 Å². The molecule has 0 radical (unpaired) electrons. The molecule has 2 aliphatic heterocycles. The van der Waals surface area contributed by atoms with Gasteiger partial charge in [-0.25, -0.2) is 0 Å². The predicted molar refractivity (Wildman–Crippen MR) is 117 cm³/mol. The van der Waals surface area contributed by atoms with Gasteiger partial charge in [0.1, 0.15) is 0 Å². The lowest BCUT2D eigenvalue weighted by molar-refractivity contribution is -0.142. The van der Waals surface area contributed by atoms with E-state index in [1.165, 1.54) is 0 Å². The van der Waals surface area contributed by atoms with Crippen LogP contribution in [-0.2, 0) is 20.9 Å². The topological polar surface area (TPSA) is 92.0 Å². The van der Waals surface area contributed by atoms with Crippen molar-refractivity contribution in [1.29, 1.82) is 0 Å². The van der Waals surface area contributed by atoms with E-state index in [1.807, 2.05) is 35.2 Å². The number of hydrogen-bond acceptors (Lipinski definition) is 7. The van der Waals surface area contributed by atoms with Crippen LogP contribution in [0.2, 0.25) is 0 Å². The van der Waals surface area contributed by atoms with Crippen molar-refractivity contribution in [2.24, 2.45) is 5.92 Å². The van der Waals surface area contributed by atoms with Crippen molar-refractivity contribution in [2.45, 2.75) is 25.8 Å². The number of aromatic nitrogens is 2. The van der Waals surface area contributed by atoms with Gasteiger partial charge in [0.2, 0.25) is 23.5 Å². The lowest BCUT2D eigenvalue weighted by Crippen LogP contribution is -2.47. The van der Waals surface area contributed by atoms with E-state index in [-0.39, 0.29) is 24.3 Å². The smallest absolute Gasteiger partial charge is 0.246 e. The van der Waals surface area contributed by atoms with Crippen LogP contribution < -0.4 is 0 Å². The molecular weight excluding hydrogens is 410 g/mol. The minimum atomic E-state index is -0.197. The second-order valence-electron chi connectivity index (χ2n) is 8.45. The quantitative estimate of drug-likeness (QED) is 0.615. The van der Waals surface area contributed by atoms with E-state index in [0.717, 1.165) is 44.8 Å². The molecule has 9 heteroatoms. The zero-order valence-electron chi connectivity index (χ0n) is 18.6. The number of ether oxygens (including phenoxy) is 1. The van der Waals surface area contributed by atoms with Crippen LogP contribution in [0.15, 0.2) is 34.9 Å². The second kappa shape index (κ2) is 10.7. The Morgan fingerprint density at radius 3 is 2.75 bits per heavy atom. The molecule has 9 nitrogen and oxygen atoms in total. The van der Waals surface area contributed by atoms with Gasteiger partial charge in [-0.15, -0.1) is 0 Å². The SMILES string of the molecule is CN(Cc1nc(-c2ccccc2)no1)C(=O)[C@H]1CCC(=O)N(CCCN2CCOCC2)C1. The normalized spacial score (nSPS) is 19.8.